The number of ether oxygens (including phenoxy) is 2. The van der Waals surface area contributed by atoms with Gasteiger partial charge in [-0.15, -0.1) is 0 Å². The maximum absolute atomic E-state index is 11.6. The molecular weight excluding hydrogens is 252 g/mol. The van der Waals surface area contributed by atoms with Crippen molar-refractivity contribution in [2.75, 3.05) is 18.9 Å². The maximum atomic E-state index is 11.6. The molecule has 0 amide bonds. The highest BCUT2D eigenvalue weighted by atomic mass is 16.5. The summed E-state index contributed by atoms with van der Waals surface area (Å²) >= 11 is 0. The molecule has 8 heteroatoms. The van der Waals surface area contributed by atoms with Crippen molar-refractivity contribution in [3.63, 3.8) is 0 Å². The van der Waals surface area contributed by atoms with Crippen molar-refractivity contribution in [1.29, 1.82) is 5.26 Å². The van der Waals surface area contributed by atoms with Crippen LogP contribution in [0, 0.1) is 11.3 Å². The summed E-state index contributed by atoms with van der Waals surface area (Å²) < 4.78 is 10.6. The van der Waals surface area contributed by atoms with Crippen molar-refractivity contribution in [1.82, 2.24) is 9.55 Å². The molecule has 102 valence electrons. The predicted molar refractivity (Wildman–Crippen MR) is 63.9 cm³/mol. The first-order chi connectivity index (χ1) is 9.06. The van der Waals surface area contributed by atoms with Gasteiger partial charge in [0.1, 0.15) is 11.9 Å². The van der Waals surface area contributed by atoms with Gasteiger partial charge in [0.15, 0.2) is 5.69 Å². The third kappa shape index (κ3) is 3.01. The van der Waals surface area contributed by atoms with E-state index in [4.69, 9.17) is 20.5 Å². The van der Waals surface area contributed by atoms with Crippen molar-refractivity contribution >= 4 is 17.8 Å². The Balaban J connectivity index is 3.05. The van der Waals surface area contributed by atoms with E-state index in [0.717, 1.165) is 10.9 Å². The van der Waals surface area contributed by atoms with Gasteiger partial charge in [0.25, 0.3) is 0 Å². The molecule has 1 rings (SSSR count). The summed E-state index contributed by atoms with van der Waals surface area (Å²) in [6.45, 7) is 3.57. The Bertz CT molecular complexity index is 517. The van der Waals surface area contributed by atoms with E-state index in [0.29, 0.717) is 0 Å². The molecule has 0 spiro atoms. The second kappa shape index (κ2) is 6.39. The van der Waals surface area contributed by atoms with Gasteiger partial charge in [0, 0.05) is 0 Å². The Hall–Kier alpha value is -2.56. The minimum atomic E-state index is -1.28. The molecule has 19 heavy (non-hydrogen) atoms. The molecule has 0 saturated carbocycles. The summed E-state index contributed by atoms with van der Waals surface area (Å²) in [5, 5.41) is 8.98. The van der Waals surface area contributed by atoms with Crippen molar-refractivity contribution < 1.29 is 19.1 Å². The third-order valence-corrected chi connectivity index (χ3v) is 2.21. The smallest absolute Gasteiger partial charge is 0.360 e. The molecule has 0 saturated heterocycles. The van der Waals surface area contributed by atoms with Crippen molar-refractivity contribution in [2.24, 2.45) is 0 Å². The predicted octanol–water partition coefficient (Wildman–Crippen LogP) is 0.270. The van der Waals surface area contributed by atoms with Crippen LogP contribution < -0.4 is 5.73 Å². The van der Waals surface area contributed by atoms with Gasteiger partial charge in [-0.25, -0.2) is 14.6 Å². The van der Waals surface area contributed by atoms with Crippen LogP contribution >= 0.6 is 0 Å². The van der Waals surface area contributed by atoms with E-state index in [1.807, 2.05) is 0 Å². The van der Waals surface area contributed by atoms with E-state index in [1.165, 1.54) is 0 Å². The zero-order valence-electron chi connectivity index (χ0n) is 10.6. The number of anilines is 1. The van der Waals surface area contributed by atoms with E-state index in [2.05, 4.69) is 4.98 Å². The van der Waals surface area contributed by atoms with Crippen LogP contribution in [0.3, 0.4) is 0 Å². The Morgan fingerprint density at radius 3 is 2.63 bits per heavy atom. The molecule has 1 aromatic heterocycles. The lowest BCUT2D eigenvalue weighted by Crippen LogP contribution is -2.22. The number of aromatic nitrogens is 2. The second-order valence-corrected chi connectivity index (χ2v) is 3.39. The largest absolute Gasteiger partial charge is 0.464 e. The Morgan fingerprint density at radius 2 is 2.11 bits per heavy atom. The molecule has 2 N–H and O–H groups in total. The summed E-state index contributed by atoms with van der Waals surface area (Å²) in [5.74, 6) is -1.58. The number of carbonyl (C=O) groups is 2. The number of nitrogen functional groups attached to an aromatic ring is 1. The number of rotatable bonds is 5. The number of hydrogen-bond acceptors (Lipinski definition) is 7. The molecule has 0 fully saturated rings. The molecule has 0 aliphatic rings. The van der Waals surface area contributed by atoms with E-state index in [1.54, 1.807) is 19.9 Å². The summed E-state index contributed by atoms with van der Waals surface area (Å²) in [4.78, 5) is 26.8. The fraction of sp³-hybridized carbons (Fsp3) is 0.455. The molecular formula is C11H14N4O4. The molecule has 1 aromatic rings. The Kier molecular flexibility index (Phi) is 4.88. The van der Waals surface area contributed by atoms with Crippen molar-refractivity contribution in [3.05, 3.63) is 12.0 Å². The second-order valence-electron chi connectivity index (χ2n) is 3.39. The first-order valence-electron chi connectivity index (χ1n) is 5.62. The van der Waals surface area contributed by atoms with Gasteiger partial charge in [0.05, 0.1) is 19.5 Å². The van der Waals surface area contributed by atoms with Gasteiger partial charge in [0.2, 0.25) is 6.04 Å². The van der Waals surface area contributed by atoms with E-state index in [-0.39, 0.29) is 24.7 Å². The van der Waals surface area contributed by atoms with Crippen LogP contribution in [0.1, 0.15) is 30.4 Å². The standard InChI is InChI=1S/C11H14N4O4/c1-3-18-10(16)7(5-12)15-6-14-8(9(15)13)11(17)19-4-2/h6-7H,3-4,13H2,1-2H3/t7-/m0/s1. The fourth-order valence-electron chi connectivity index (χ4n) is 1.38. The monoisotopic (exact) mass is 266 g/mol. The zero-order valence-corrected chi connectivity index (χ0v) is 10.6. The molecule has 1 heterocycles. The summed E-state index contributed by atoms with van der Waals surface area (Å²) in [5.41, 5.74) is 5.55. The van der Waals surface area contributed by atoms with Crippen LogP contribution in [0.4, 0.5) is 5.82 Å². The van der Waals surface area contributed by atoms with E-state index < -0.39 is 18.0 Å². The highest BCUT2D eigenvalue weighted by Gasteiger charge is 2.26. The minimum Gasteiger partial charge on any atom is -0.464 e. The average molecular weight is 266 g/mol. The van der Waals surface area contributed by atoms with E-state index in [9.17, 15) is 9.59 Å². The van der Waals surface area contributed by atoms with Crippen LogP contribution in [0.15, 0.2) is 6.33 Å². The van der Waals surface area contributed by atoms with Gasteiger partial charge in [-0.1, -0.05) is 0 Å². The van der Waals surface area contributed by atoms with Gasteiger partial charge in [-0.2, -0.15) is 5.26 Å². The van der Waals surface area contributed by atoms with Crippen LogP contribution in [-0.2, 0) is 14.3 Å². The zero-order chi connectivity index (χ0) is 14.4. The lowest BCUT2D eigenvalue weighted by Gasteiger charge is -2.11. The van der Waals surface area contributed by atoms with Crippen LogP contribution in [0.2, 0.25) is 0 Å². The van der Waals surface area contributed by atoms with Crippen molar-refractivity contribution in [3.8, 4) is 6.07 Å². The number of esters is 2. The molecule has 1 atom stereocenters. The molecule has 0 aromatic carbocycles. The van der Waals surface area contributed by atoms with Gasteiger partial charge in [-0.3, -0.25) is 4.57 Å². The quantitative estimate of drug-likeness (QED) is 0.759. The lowest BCUT2D eigenvalue weighted by atomic mass is 10.3. The first-order valence-corrected chi connectivity index (χ1v) is 5.62. The van der Waals surface area contributed by atoms with Gasteiger partial charge >= 0.3 is 11.9 Å². The lowest BCUT2D eigenvalue weighted by molar-refractivity contribution is -0.145. The molecule has 0 radical (unpaired) electrons. The molecule has 0 aliphatic heterocycles. The number of nitrogens with two attached hydrogens (primary N) is 1. The highest BCUT2D eigenvalue weighted by Crippen LogP contribution is 2.18. The van der Waals surface area contributed by atoms with Gasteiger partial charge in [-0.05, 0) is 13.8 Å². The fourth-order valence-corrected chi connectivity index (χ4v) is 1.38. The molecule has 8 nitrogen and oxygen atoms in total. The number of imidazole rings is 1. The summed E-state index contributed by atoms with van der Waals surface area (Å²) in [6.07, 6.45) is 1.13. The molecule has 0 unspecified atom stereocenters. The highest BCUT2D eigenvalue weighted by molar-refractivity contribution is 5.92. The summed E-state index contributed by atoms with van der Waals surface area (Å²) in [6, 6.07) is 0.462. The minimum absolute atomic E-state index is 0.113. The Labute approximate surface area is 109 Å². The Morgan fingerprint density at radius 1 is 1.47 bits per heavy atom. The SMILES string of the molecule is CCOC(=O)c1ncn([C@@H](C#N)C(=O)OCC)c1N. The number of nitrogens with zero attached hydrogens (tertiary/aromatic N) is 3. The maximum Gasteiger partial charge on any atom is 0.360 e. The average Bonchev–Trinajstić information content (AvgIpc) is 2.73. The molecule has 0 bridgehead atoms. The van der Waals surface area contributed by atoms with E-state index >= 15 is 0 Å². The number of nitriles is 1. The van der Waals surface area contributed by atoms with Gasteiger partial charge < -0.3 is 15.2 Å². The normalized spacial score (nSPS) is 11.4. The van der Waals surface area contributed by atoms with Crippen LogP contribution in [0.5, 0.6) is 0 Å². The summed E-state index contributed by atoms with van der Waals surface area (Å²) in [7, 11) is 0. The topological polar surface area (TPSA) is 120 Å². The number of hydrogen-bond donors (Lipinski definition) is 1. The number of carbonyl (C=O) groups excluding carboxylic acids is 2. The first kappa shape index (κ1) is 14.5. The van der Waals surface area contributed by atoms with Crippen LogP contribution in [-0.4, -0.2) is 34.7 Å². The molecule has 0 aliphatic carbocycles. The van der Waals surface area contributed by atoms with Crippen LogP contribution in [0.25, 0.3) is 0 Å². The van der Waals surface area contributed by atoms with Crippen molar-refractivity contribution in [2.45, 2.75) is 19.9 Å². The third-order valence-electron chi connectivity index (χ3n) is 2.21.